The number of carboxylic acids is 1. The van der Waals surface area contributed by atoms with Crippen LogP contribution in [0.15, 0.2) is 23.0 Å². The molecule has 116 valence electrons. The zero-order chi connectivity index (χ0) is 14.9. The van der Waals surface area contributed by atoms with Crippen molar-refractivity contribution in [3.05, 3.63) is 23.0 Å². The lowest BCUT2D eigenvalue weighted by Gasteiger charge is -1.98. The van der Waals surface area contributed by atoms with Crippen molar-refractivity contribution >= 4 is 17.7 Å². The van der Waals surface area contributed by atoms with Gasteiger partial charge in [-0.25, -0.2) is 0 Å². The summed E-state index contributed by atoms with van der Waals surface area (Å²) in [5, 5.41) is 12.8. The average Bonchev–Trinajstić information content (AvgIpc) is 2.43. The summed E-state index contributed by atoms with van der Waals surface area (Å²) in [6.45, 7) is 2.23. The molecule has 0 bridgehead atoms. The van der Waals surface area contributed by atoms with E-state index in [4.69, 9.17) is 5.11 Å². The van der Waals surface area contributed by atoms with Gasteiger partial charge in [-0.3, -0.25) is 4.79 Å². The highest BCUT2D eigenvalue weighted by Gasteiger charge is 1.95. The molecule has 2 nitrogen and oxygen atoms in total. The molecule has 0 rings (SSSR count). The van der Waals surface area contributed by atoms with Crippen LogP contribution in [0.5, 0.6) is 0 Å². The van der Waals surface area contributed by atoms with Crippen LogP contribution in [0.4, 0.5) is 0 Å². The number of thioether (sulfide) groups is 1. The molecule has 0 aliphatic carbocycles. The van der Waals surface area contributed by atoms with Crippen LogP contribution in [0, 0.1) is 0 Å². The zero-order valence-corrected chi connectivity index (χ0v) is 13.7. The number of rotatable bonds is 14. The second-order valence-electron chi connectivity index (χ2n) is 5.08. The molecule has 0 spiro atoms. The van der Waals surface area contributed by atoms with Gasteiger partial charge in [-0.05, 0) is 42.9 Å². The van der Waals surface area contributed by atoms with Crippen molar-refractivity contribution in [3.63, 3.8) is 0 Å². The van der Waals surface area contributed by atoms with Crippen molar-refractivity contribution in [3.8, 4) is 0 Å². The third kappa shape index (κ3) is 17.3. The normalized spacial score (nSPS) is 11.7. The molecule has 0 amide bonds. The van der Waals surface area contributed by atoms with Crippen molar-refractivity contribution in [2.75, 3.05) is 0 Å². The maximum Gasteiger partial charge on any atom is 0.303 e. The first-order chi connectivity index (χ1) is 9.77. The predicted octanol–water partition coefficient (Wildman–Crippen LogP) is 6.14. The maximum absolute atomic E-state index is 10.3. The van der Waals surface area contributed by atoms with Crippen LogP contribution in [0.3, 0.4) is 0 Å². The van der Waals surface area contributed by atoms with Gasteiger partial charge in [0.05, 0.1) is 0 Å². The third-order valence-electron chi connectivity index (χ3n) is 3.09. The van der Waals surface area contributed by atoms with Crippen molar-refractivity contribution in [2.24, 2.45) is 0 Å². The van der Waals surface area contributed by atoms with E-state index in [9.17, 15) is 4.79 Å². The summed E-state index contributed by atoms with van der Waals surface area (Å²) in [6.07, 6.45) is 16.5. The molecule has 1 N–H and O–H groups in total. The van der Waals surface area contributed by atoms with E-state index >= 15 is 0 Å². The zero-order valence-electron chi connectivity index (χ0n) is 12.9. The molecule has 0 radical (unpaired) electrons. The molecule has 0 aromatic rings. The van der Waals surface area contributed by atoms with Gasteiger partial charge in [-0.1, -0.05) is 51.2 Å². The number of hydrogen-bond donors (Lipinski definition) is 1. The minimum Gasteiger partial charge on any atom is -0.481 e. The summed E-state index contributed by atoms with van der Waals surface area (Å²) in [6, 6.07) is 0. The Morgan fingerprint density at radius 1 is 0.900 bits per heavy atom. The lowest BCUT2D eigenvalue weighted by molar-refractivity contribution is -0.137. The lowest BCUT2D eigenvalue weighted by Crippen LogP contribution is -1.93. The molecule has 0 aromatic carbocycles. The van der Waals surface area contributed by atoms with Gasteiger partial charge in [0.1, 0.15) is 0 Å². The van der Waals surface area contributed by atoms with Gasteiger partial charge >= 0.3 is 5.97 Å². The Bertz CT molecular complexity index is 272. The van der Waals surface area contributed by atoms with Crippen molar-refractivity contribution in [1.29, 1.82) is 0 Å². The van der Waals surface area contributed by atoms with Crippen LogP contribution in [0.25, 0.3) is 0 Å². The van der Waals surface area contributed by atoms with Gasteiger partial charge in [0, 0.05) is 6.42 Å². The summed E-state index contributed by atoms with van der Waals surface area (Å²) in [7, 11) is 0. The van der Waals surface area contributed by atoms with E-state index in [1.54, 1.807) is 11.8 Å². The van der Waals surface area contributed by atoms with E-state index in [0.717, 1.165) is 25.7 Å². The predicted molar refractivity (Wildman–Crippen MR) is 90.0 cm³/mol. The van der Waals surface area contributed by atoms with Gasteiger partial charge in [-0.15, -0.1) is 11.8 Å². The van der Waals surface area contributed by atoms with E-state index in [1.807, 2.05) is 0 Å². The highest BCUT2D eigenvalue weighted by atomic mass is 32.2. The van der Waals surface area contributed by atoms with Crippen molar-refractivity contribution in [2.45, 2.75) is 77.6 Å². The summed E-state index contributed by atoms with van der Waals surface area (Å²) < 4.78 is 0. The SMILES string of the molecule is CCCCC/C=C\S/C=C\CCCCCCCC(=O)O. The Labute approximate surface area is 128 Å². The summed E-state index contributed by atoms with van der Waals surface area (Å²) in [5.74, 6) is -0.673. The first-order valence-corrected chi connectivity index (χ1v) is 8.89. The smallest absolute Gasteiger partial charge is 0.303 e. The van der Waals surface area contributed by atoms with E-state index < -0.39 is 5.97 Å². The molecule has 0 aliphatic rings. The van der Waals surface area contributed by atoms with Gasteiger partial charge < -0.3 is 5.11 Å². The van der Waals surface area contributed by atoms with E-state index in [0.29, 0.717) is 6.42 Å². The Morgan fingerprint density at radius 3 is 2.05 bits per heavy atom. The maximum atomic E-state index is 10.3. The fourth-order valence-corrected chi connectivity index (χ4v) is 2.46. The molecule has 0 atom stereocenters. The van der Waals surface area contributed by atoms with E-state index in [-0.39, 0.29) is 0 Å². The molecular formula is C17H30O2S. The van der Waals surface area contributed by atoms with Crippen LogP contribution in [0.2, 0.25) is 0 Å². The molecule has 0 fully saturated rings. The molecule has 0 saturated heterocycles. The highest BCUT2D eigenvalue weighted by Crippen LogP contribution is 2.11. The Balaban J connectivity index is 3.17. The lowest BCUT2D eigenvalue weighted by atomic mass is 10.1. The van der Waals surface area contributed by atoms with Crippen LogP contribution < -0.4 is 0 Å². The quantitative estimate of drug-likeness (QED) is 0.391. The van der Waals surface area contributed by atoms with Gasteiger partial charge in [0.2, 0.25) is 0 Å². The van der Waals surface area contributed by atoms with Gasteiger partial charge in [-0.2, -0.15) is 0 Å². The Kier molecular flexibility index (Phi) is 15.8. The Morgan fingerprint density at radius 2 is 1.45 bits per heavy atom. The second kappa shape index (κ2) is 16.4. The average molecular weight is 298 g/mol. The Hall–Kier alpha value is -0.700. The first kappa shape index (κ1) is 19.3. The van der Waals surface area contributed by atoms with Crippen molar-refractivity contribution < 1.29 is 9.90 Å². The van der Waals surface area contributed by atoms with Crippen LogP contribution in [-0.2, 0) is 4.79 Å². The molecular weight excluding hydrogens is 268 g/mol. The van der Waals surface area contributed by atoms with Crippen LogP contribution in [0.1, 0.15) is 77.6 Å². The first-order valence-electron chi connectivity index (χ1n) is 7.94. The topological polar surface area (TPSA) is 37.3 Å². The van der Waals surface area contributed by atoms with E-state index in [1.165, 1.54) is 38.5 Å². The molecule has 20 heavy (non-hydrogen) atoms. The number of carbonyl (C=O) groups is 1. The number of hydrogen-bond acceptors (Lipinski definition) is 2. The number of carboxylic acid groups (broad SMARTS) is 1. The standard InChI is InChI=1S/C17H30O2S/c1-2-3-4-9-12-15-20-16-13-10-7-5-6-8-11-14-17(18)19/h12-13,15-16H,2-11,14H2,1H3,(H,18,19)/b15-12-,16-13-. The van der Waals surface area contributed by atoms with Crippen LogP contribution in [-0.4, -0.2) is 11.1 Å². The number of aliphatic carboxylic acids is 1. The minimum absolute atomic E-state index is 0.321. The summed E-state index contributed by atoms with van der Waals surface area (Å²) in [5.41, 5.74) is 0. The molecule has 0 heterocycles. The molecule has 0 aromatic heterocycles. The summed E-state index contributed by atoms with van der Waals surface area (Å²) in [4.78, 5) is 10.3. The second-order valence-corrected chi connectivity index (χ2v) is 5.89. The van der Waals surface area contributed by atoms with E-state index in [2.05, 4.69) is 29.9 Å². The molecule has 3 heteroatoms. The van der Waals surface area contributed by atoms with Crippen molar-refractivity contribution in [1.82, 2.24) is 0 Å². The fraction of sp³-hybridized carbons (Fsp3) is 0.706. The van der Waals surface area contributed by atoms with Gasteiger partial charge in [0.25, 0.3) is 0 Å². The van der Waals surface area contributed by atoms with Gasteiger partial charge in [0.15, 0.2) is 0 Å². The summed E-state index contributed by atoms with van der Waals surface area (Å²) >= 11 is 1.76. The monoisotopic (exact) mass is 298 g/mol. The molecule has 0 unspecified atom stereocenters. The fourth-order valence-electron chi connectivity index (χ4n) is 1.87. The third-order valence-corrected chi connectivity index (χ3v) is 3.78. The number of allylic oxidation sites excluding steroid dienone is 2. The number of unbranched alkanes of at least 4 members (excludes halogenated alkanes) is 8. The minimum atomic E-state index is -0.673. The molecule has 0 saturated carbocycles. The molecule has 0 aliphatic heterocycles. The van der Waals surface area contributed by atoms with Crippen LogP contribution >= 0.6 is 11.8 Å². The largest absolute Gasteiger partial charge is 0.481 e. The highest BCUT2D eigenvalue weighted by molar-refractivity contribution is 8.04.